The van der Waals surface area contributed by atoms with E-state index in [0.29, 0.717) is 27.4 Å². The van der Waals surface area contributed by atoms with Crippen molar-refractivity contribution in [2.45, 2.75) is 13.0 Å². The van der Waals surface area contributed by atoms with E-state index in [-0.39, 0.29) is 42.8 Å². The third-order valence-corrected chi connectivity index (χ3v) is 5.58. The SMILES string of the molecule is C=C(C)C(=O)OCCOc1c(C#Cc2ccccc2)cc(Cl)cc1C(Nc1ccc(C(=N)N)cc1)C(=O)OC.Cl. The fourth-order valence-corrected chi connectivity index (χ4v) is 3.67. The number of hydrogen-bond acceptors (Lipinski definition) is 7. The molecule has 40 heavy (non-hydrogen) atoms. The molecule has 10 heteroatoms. The van der Waals surface area contributed by atoms with Crippen LogP contribution in [0.2, 0.25) is 5.02 Å². The minimum atomic E-state index is -1.04. The lowest BCUT2D eigenvalue weighted by Gasteiger charge is -2.22. The van der Waals surface area contributed by atoms with Gasteiger partial charge in [0.05, 0.1) is 12.7 Å². The maximum atomic E-state index is 13.0. The van der Waals surface area contributed by atoms with Crippen LogP contribution in [0.4, 0.5) is 5.69 Å². The Kier molecular flexibility index (Phi) is 12.1. The lowest BCUT2D eigenvalue weighted by Crippen LogP contribution is -2.24. The lowest BCUT2D eigenvalue weighted by atomic mass is 10.0. The van der Waals surface area contributed by atoms with E-state index < -0.39 is 18.0 Å². The number of anilines is 1. The zero-order chi connectivity index (χ0) is 28.4. The number of rotatable bonds is 10. The van der Waals surface area contributed by atoms with Crippen molar-refractivity contribution in [1.82, 2.24) is 0 Å². The summed E-state index contributed by atoms with van der Waals surface area (Å²) in [4.78, 5) is 24.8. The van der Waals surface area contributed by atoms with E-state index in [4.69, 9.17) is 37.0 Å². The fraction of sp³-hybridized carbons (Fsp3) is 0.167. The van der Waals surface area contributed by atoms with Crippen LogP contribution in [0.1, 0.15) is 35.2 Å². The van der Waals surface area contributed by atoms with Gasteiger partial charge in [-0.1, -0.05) is 48.2 Å². The number of carbonyl (C=O) groups is 2. The van der Waals surface area contributed by atoms with Gasteiger partial charge in [-0.2, -0.15) is 0 Å². The molecule has 0 aliphatic heterocycles. The molecule has 3 aromatic carbocycles. The van der Waals surface area contributed by atoms with E-state index in [1.165, 1.54) is 7.11 Å². The van der Waals surface area contributed by atoms with Gasteiger partial charge in [-0.3, -0.25) is 5.41 Å². The van der Waals surface area contributed by atoms with Crippen molar-refractivity contribution >= 4 is 47.5 Å². The summed E-state index contributed by atoms with van der Waals surface area (Å²) in [6.07, 6.45) is 0. The van der Waals surface area contributed by atoms with Crippen LogP contribution in [0.3, 0.4) is 0 Å². The quantitative estimate of drug-likeness (QED) is 0.0743. The molecule has 3 aromatic rings. The number of hydrogen-bond donors (Lipinski definition) is 3. The van der Waals surface area contributed by atoms with E-state index in [1.807, 2.05) is 30.3 Å². The molecule has 1 unspecified atom stereocenters. The standard InChI is InChI=1S/C30H28ClN3O5.ClH/c1-19(2)29(35)39-16-15-38-27-22(10-9-20-7-5-4-6-8-20)17-23(31)18-25(27)26(30(36)37-3)34-24-13-11-21(12-14-24)28(32)33;/h4-8,11-14,17-18,26,34H,1,15-16H2,2-3H3,(H3,32,33);1H. The number of methoxy groups -OCH3 is 1. The van der Waals surface area contributed by atoms with Crippen LogP contribution in [0.25, 0.3) is 0 Å². The number of nitrogen functional groups attached to an aromatic ring is 1. The summed E-state index contributed by atoms with van der Waals surface area (Å²) in [6, 6.07) is 18.2. The molecule has 3 rings (SSSR count). The summed E-state index contributed by atoms with van der Waals surface area (Å²) >= 11 is 6.47. The lowest BCUT2D eigenvalue weighted by molar-refractivity contribution is -0.141. The van der Waals surface area contributed by atoms with Crippen LogP contribution in [0, 0.1) is 17.3 Å². The van der Waals surface area contributed by atoms with Gasteiger partial charge in [0.15, 0.2) is 6.04 Å². The predicted octanol–water partition coefficient (Wildman–Crippen LogP) is 5.27. The second-order valence-electron chi connectivity index (χ2n) is 8.34. The molecule has 0 aromatic heterocycles. The first-order chi connectivity index (χ1) is 18.7. The Balaban J connectivity index is 0.00000560. The Bertz CT molecular complexity index is 1430. The first-order valence-corrected chi connectivity index (χ1v) is 12.2. The van der Waals surface area contributed by atoms with E-state index in [0.717, 1.165) is 5.56 Å². The molecular weight excluding hydrogens is 553 g/mol. The number of nitrogens with one attached hydrogen (secondary N) is 2. The highest BCUT2D eigenvalue weighted by Gasteiger charge is 2.27. The molecule has 0 aliphatic carbocycles. The van der Waals surface area contributed by atoms with Gasteiger partial charge in [0.1, 0.15) is 24.8 Å². The molecule has 0 fully saturated rings. The van der Waals surface area contributed by atoms with E-state index >= 15 is 0 Å². The topological polar surface area (TPSA) is 124 Å². The van der Waals surface area contributed by atoms with Crippen LogP contribution in [-0.2, 0) is 19.1 Å². The van der Waals surface area contributed by atoms with Gasteiger partial charge in [0.2, 0.25) is 0 Å². The Hall–Kier alpha value is -4.45. The maximum absolute atomic E-state index is 13.0. The fourth-order valence-electron chi connectivity index (χ4n) is 3.44. The Morgan fingerprint density at radius 1 is 1.07 bits per heavy atom. The van der Waals surface area contributed by atoms with Crippen LogP contribution in [0.5, 0.6) is 5.75 Å². The molecule has 208 valence electrons. The molecule has 8 nitrogen and oxygen atoms in total. The average molecular weight is 582 g/mol. The van der Waals surface area contributed by atoms with Gasteiger partial charge in [-0.25, -0.2) is 9.59 Å². The van der Waals surface area contributed by atoms with Gasteiger partial charge in [0, 0.05) is 33.0 Å². The van der Waals surface area contributed by atoms with E-state index in [1.54, 1.807) is 43.3 Å². The molecule has 1 atom stereocenters. The monoisotopic (exact) mass is 581 g/mol. The van der Waals surface area contributed by atoms with Crippen LogP contribution >= 0.6 is 24.0 Å². The van der Waals surface area contributed by atoms with Crippen molar-refractivity contribution < 1.29 is 23.8 Å². The van der Waals surface area contributed by atoms with Gasteiger partial charge >= 0.3 is 11.9 Å². The molecule has 0 amide bonds. The molecule has 0 aliphatic rings. The first-order valence-electron chi connectivity index (χ1n) is 11.8. The molecule has 0 radical (unpaired) electrons. The first kappa shape index (κ1) is 31.8. The molecule has 0 bridgehead atoms. The van der Waals surface area contributed by atoms with Crippen LogP contribution in [-0.4, -0.2) is 38.1 Å². The molecule has 0 heterocycles. The largest absolute Gasteiger partial charge is 0.488 e. The number of amidine groups is 1. The van der Waals surface area contributed by atoms with Gasteiger partial charge in [-0.15, -0.1) is 12.4 Å². The predicted molar refractivity (Wildman–Crippen MR) is 158 cm³/mol. The summed E-state index contributed by atoms with van der Waals surface area (Å²) in [5, 5.41) is 11.1. The Labute approximate surface area is 244 Å². The van der Waals surface area contributed by atoms with Crippen LogP contribution < -0.4 is 15.8 Å². The van der Waals surface area contributed by atoms with Gasteiger partial charge in [0.25, 0.3) is 0 Å². The summed E-state index contributed by atoms with van der Waals surface area (Å²) in [7, 11) is 1.27. The number of nitrogens with two attached hydrogens (primary N) is 1. The Morgan fingerprint density at radius 3 is 2.35 bits per heavy atom. The van der Waals surface area contributed by atoms with Crippen molar-refractivity contribution in [1.29, 1.82) is 5.41 Å². The second kappa shape index (κ2) is 15.2. The minimum absolute atomic E-state index is 0. The van der Waals surface area contributed by atoms with Crippen LogP contribution in [0.15, 0.2) is 78.9 Å². The summed E-state index contributed by atoms with van der Waals surface area (Å²) in [5.41, 5.74) is 8.48. The third kappa shape index (κ3) is 8.80. The summed E-state index contributed by atoms with van der Waals surface area (Å²) < 4.78 is 16.3. The highest BCUT2D eigenvalue weighted by molar-refractivity contribution is 6.30. The molecular formula is C30H29Cl2N3O5. The normalized spacial score (nSPS) is 10.6. The molecule has 0 saturated carbocycles. The van der Waals surface area contributed by atoms with Crippen molar-refractivity contribution in [2.24, 2.45) is 5.73 Å². The number of benzene rings is 3. The zero-order valence-electron chi connectivity index (χ0n) is 22.0. The molecule has 4 N–H and O–H groups in total. The second-order valence-corrected chi connectivity index (χ2v) is 8.78. The summed E-state index contributed by atoms with van der Waals surface area (Å²) in [6.45, 7) is 5.04. The average Bonchev–Trinajstić information content (AvgIpc) is 2.93. The maximum Gasteiger partial charge on any atom is 0.333 e. The Morgan fingerprint density at radius 2 is 1.75 bits per heavy atom. The highest BCUT2D eigenvalue weighted by Crippen LogP contribution is 2.35. The number of ether oxygens (including phenoxy) is 3. The minimum Gasteiger partial charge on any atom is -0.488 e. The zero-order valence-corrected chi connectivity index (χ0v) is 23.5. The van der Waals surface area contributed by atoms with Crippen molar-refractivity contribution in [3.05, 3.63) is 106 Å². The third-order valence-electron chi connectivity index (χ3n) is 5.36. The number of carbonyl (C=O) groups excluding carboxylic acids is 2. The van der Waals surface area contributed by atoms with E-state index in [9.17, 15) is 9.59 Å². The summed E-state index contributed by atoms with van der Waals surface area (Å²) in [5.74, 6) is 5.20. The highest BCUT2D eigenvalue weighted by atomic mass is 35.5. The van der Waals surface area contributed by atoms with Crippen molar-refractivity contribution in [3.8, 4) is 17.6 Å². The van der Waals surface area contributed by atoms with Gasteiger partial charge < -0.3 is 25.3 Å². The smallest absolute Gasteiger partial charge is 0.333 e. The number of esters is 2. The van der Waals surface area contributed by atoms with Gasteiger partial charge in [-0.05, 0) is 55.5 Å². The molecule has 0 spiro atoms. The van der Waals surface area contributed by atoms with E-state index in [2.05, 4.69) is 23.7 Å². The molecule has 0 saturated heterocycles. The number of halogens is 2. The van der Waals surface area contributed by atoms with Crippen molar-refractivity contribution in [3.63, 3.8) is 0 Å². The van der Waals surface area contributed by atoms with Crippen molar-refractivity contribution in [2.75, 3.05) is 25.6 Å².